The molecule has 1 N–H and O–H groups in total. The zero-order valence-corrected chi connectivity index (χ0v) is 17.5. The van der Waals surface area contributed by atoms with E-state index in [1.807, 2.05) is 18.3 Å². The lowest BCUT2D eigenvalue weighted by Gasteiger charge is -2.51. The van der Waals surface area contributed by atoms with Crippen LogP contribution in [0.3, 0.4) is 0 Å². The maximum Gasteiger partial charge on any atom is 0.120 e. The minimum Gasteiger partial charge on any atom is -0.494 e. The van der Waals surface area contributed by atoms with Crippen LogP contribution in [0.2, 0.25) is 0 Å². The number of pyridine rings is 1. The first-order valence-electron chi connectivity index (χ1n) is 11.0. The van der Waals surface area contributed by atoms with E-state index in [0.29, 0.717) is 5.92 Å². The number of hydrogen-bond donors (Lipinski definition) is 1. The zero-order chi connectivity index (χ0) is 19.7. The predicted molar refractivity (Wildman–Crippen MR) is 114 cm³/mol. The second kappa shape index (κ2) is 8.38. The molecule has 0 saturated carbocycles. The lowest BCUT2D eigenvalue weighted by molar-refractivity contribution is -0.0566. The Balaban J connectivity index is 1.50. The molecule has 1 aromatic carbocycles. The molecule has 3 aliphatic rings. The number of benzene rings is 1. The minimum atomic E-state index is -0.469. The van der Waals surface area contributed by atoms with E-state index in [-0.39, 0.29) is 6.04 Å². The summed E-state index contributed by atoms with van der Waals surface area (Å²) in [6.45, 7) is 9.70. The quantitative estimate of drug-likeness (QED) is 0.746. The smallest absolute Gasteiger partial charge is 0.120 e. The normalized spacial score (nSPS) is 28.0. The highest BCUT2D eigenvalue weighted by Gasteiger charge is 2.42. The second-order valence-electron chi connectivity index (χ2n) is 9.11. The average molecular weight is 383 g/mol. The Morgan fingerprint density at radius 2 is 2.14 bits per heavy atom. The van der Waals surface area contributed by atoms with Crippen molar-refractivity contribution in [3.8, 4) is 5.75 Å². The molecule has 4 nitrogen and oxygen atoms in total. The van der Waals surface area contributed by atoms with E-state index in [1.54, 1.807) is 0 Å². The summed E-state index contributed by atoms with van der Waals surface area (Å²) in [4.78, 5) is 7.11. The Kier molecular flexibility index (Phi) is 5.88. The number of nitrogens with zero attached hydrogens (tertiary/aromatic N) is 2. The fourth-order valence-electron chi connectivity index (χ4n) is 4.98. The summed E-state index contributed by atoms with van der Waals surface area (Å²) in [5.41, 5.74) is 1.88. The van der Waals surface area contributed by atoms with Crippen molar-refractivity contribution in [2.75, 3.05) is 19.7 Å². The molecule has 5 unspecified atom stereocenters. The summed E-state index contributed by atoms with van der Waals surface area (Å²) < 4.78 is 5.91. The first-order chi connectivity index (χ1) is 13.5. The molecule has 0 aliphatic carbocycles. The monoisotopic (exact) mass is 382 g/mol. The number of aliphatic hydroxyl groups is 1. The van der Waals surface area contributed by atoms with Crippen molar-refractivity contribution in [2.45, 2.75) is 58.6 Å². The Hall–Kier alpha value is -1.65. The minimum absolute atomic E-state index is 0.228. The highest BCUT2D eigenvalue weighted by molar-refractivity contribution is 5.80. The molecular formula is C24H34N2O2. The summed E-state index contributed by atoms with van der Waals surface area (Å²) in [7, 11) is 0. The number of fused-ring (bicyclic) bond motifs is 4. The molecule has 3 aliphatic heterocycles. The molecule has 28 heavy (non-hydrogen) atoms. The summed E-state index contributed by atoms with van der Waals surface area (Å²) in [6, 6.07) is 8.38. The molecule has 2 bridgehead atoms. The third kappa shape index (κ3) is 4.04. The fourth-order valence-corrected chi connectivity index (χ4v) is 4.98. The SMILES string of the molecule is CCC1CN2CCC1CC2C(O)c1cnc2ccc(OCCC(C)C)cc2c1. The first-order valence-corrected chi connectivity index (χ1v) is 11.0. The molecule has 1 aromatic heterocycles. The highest BCUT2D eigenvalue weighted by atomic mass is 16.5. The molecule has 5 atom stereocenters. The Bertz CT molecular complexity index is 806. The number of piperidine rings is 3. The zero-order valence-electron chi connectivity index (χ0n) is 17.5. The Labute approximate surface area is 168 Å². The van der Waals surface area contributed by atoms with Gasteiger partial charge in [-0.25, -0.2) is 0 Å². The maximum atomic E-state index is 11.1. The van der Waals surface area contributed by atoms with Crippen LogP contribution in [0.1, 0.15) is 58.1 Å². The van der Waals surface area contributed by atoms with Crippen LogP contribution in [0.5, 0.6) is 5.75 Å². The standard InChI is InChI=1S/C24H34N2O2/c1-4-17-15-26-9-7-18(17)13-23(26)24(27)20-11-19-12-21(28-10-8-16(2)3)5-6-22(19)25-14-20/h5-6,11-12,14,16-18,23-24,27H,4,7-10,13,15H2,1-3H3. The van der Waals surface area contributed by atoms with Gasteiger partial charge < -0.3 is 9.84 Å². The van der Waals surface area contributed by atoms with Gasteiger partial charge in [0.1, 0.15) is 5.75 Å². The van der Waals surface area contributed by atoms with Gasteiger partial charge in [0, 0.05) is 29.7 Å². The van der Waals surface area contributed by atoms with Gasteiger partial charge in [0.05, 0.1) is 18.2 Å². The number of hydrogen-bond acceptors (Lipinski definition) is 4. The second-order valence-corrected chi connectivity index (χ2v) is 9.11. The summed E-state index contributed by atoms with van der Waals surface area (Å²) in [6.07, 6.45) is 6.08. The van der Waals surface area contributed by atoms with Crippen LogP contribution in [0.15, 0.2) is 30.5 Å². The van der Waals surface area contributed by atoms with E-state index in [1.165, 1.54) is 12.8 Å². The summed E-state index contributed by atoms with van der Waals surface area (Å²) in [5, 5.41) is 12.2. The number of aliphatic hydroxyl groups excluding tert-OH is 1. The lowest BCUT2D eigenvalue weighted by atomic mass is 9.73. The van der Waals surface area contributed by atoms with E-state index in [2.05, 4.69) is 42.8 Å². The number of ether oxygens (including phenoxy) is 1. The van der Waals surface area contributed by atoms with Crippen molar-refractivity contribution in [3.63, 3.8) is 0 Å². The third-order valence-electron chi connectivity index (χ3n) is 6.80. The van der Waals surface area contributed by atoms with Crippen molar-refractivity contribution in [2.24, 2.45) is 17.8 Å². The van der Waals surface area contributed by atoms with Crippen molar-refractivity contribution >= 4 is 10.9 Å². The van der Waals surface area contributed by atoms with Crippen LogP contribution in [0, 0.1) is 17.8 Å². The molecule has 4 heterocycles. The first kappa shape index (κ1) is 19.7. The molecule has 5 rings (SSSR count). The topological polar surface area (TPSA) is 45.6 Å². The van der Waals surface area contributed by atoms with Crippen LogP contribution in [-0.4, -0.2) is 40.7 Å². The summed E-state index contributed by atoms with van der Waals surface area (Å²) >= 11 is 0. The highest BCUT2D eigenvalue weighted by Crippen LogP contribution is 2.42. The van der Waals surface area contributed by atoms with E-state index in [0.717, 1.165) is 66.6 Å². The van der Waals surface area contributed by atoms with E-state index in [9.17, 15) is 5.11 Å². The molecule has 3 saturated heterocycles. The van der Waals surface area contributed by atoms with Gasteiger partial charge in [0.2, 0.25) is 0 Å². The third-order valence-corrected chi connectivity index (χ3v) is 6.80. The van der Waals surface area contributed by atoms with Crippen molar-refractivity contribution in [1.82, 2.24) is 9.88 Å². The largest absolute Gasteiger partial charge is 0.494 e. The van der Waals surface area contributed by atoms with Gasteiger partial charge in [-0.3, -0.25) is 9.88 Å². The molecule has 4 heteroatoms. The average Bonchev–Trinajstić information content (AvgIpc) is 2.72. The maximum absolute atomic E-state index is 11.1. The van der Waals surface area contributed by atoms with Crippen molar-refractivity contribution in [1.29, 1.82) is 0 Å². The molecule has 2 aromatic rings. The molecule has 0 radical (unpaired) electrons. The van der Waals surface area contributed by atoms with E-state index < -0.39 is 6.10 Å². The van der Waals surface area contributed by atoms with Crippen molar-refractivity contribution in [3.05, 3.63) is 36.0 Å². The van der Waals surface area contributed by atoms with Crippen molar-refractivity contribution < 1.29 is 9.84 Å². The molecule has 0 spiro atoms. The van der Waals surface area contributed by atoms with Gasteiger partial charge in [-0.1, -0.05) is 27.2 Å². The van der Waals surface area contributed by atoms with Gasteiger partial charge in [-0.2, -0.15) is 0 Å². The fraction of sp³-hybridized carbons (Fsp3) is 0.625. The van der Waals surface area contributed by atoms with Crippen LogP contribution in [0.4, 0.5) is 0 Å². The van der Waals surface area contributed by atoms with Crippen LogP contribution >= 0.6 is 0 Å². The van der Waals surface area contributed by atoms with Crippen LogP contribution < -0.4 is 4.74 Å². The summed E-state index contributed by atoms with van der Waals surface area (Å²) in [5.74, 6) is 3.09. The Morgan fingerprint density at radius 1 is 1.29 bits per heavy atom. The number of rotatable bonds is 7. The van der Waals surface area contributed by atoms with Crippen LogP contribution in [-0.2, 0) is 0 Å². The number of aromatic nitrogens is 1. The van der Waals surface area contributed by atoms with E-state index >= 15 is 0 Å². The van der Waals surface area contributed by atoms with Gasteiger partial charge >= 0.3 is 0 Å². The molecule has 3 fully saturated rings. The Morgan fingerprint density at radius 3 is 2.86 bits per heavy atom. The lowest BCUT2D eigenvalue weighted by Crippen LogP contribution is -2.55. The van der Waals surface area contributed by atoms with Gasteiger partial charge in [-0.15, -0.1) is 0 Å². The van der Waals surface area contributed by atoms with E-state index in [4.69, 9.17) is 4.74 Å². The molecule has 152 valence electrons. The predicted octanol–water partition coefficient (Wildman–Crippen LogP) is 4.81. The van der Waals surface area contributed by atoms with Gasteiger partial charge in [-0.05, 0) is 67.8 Å². The van der Waals surface area contributed by atoms with Crippen LogP contribution in [0.25, 0.3) is 10.9 Å². The van der Waals surface area contributed by atoms with Gasteiger partial charge in [0.25, 0.3) is 0 Å². The molecule has 0 amide bonds. The molecular weight excluding hydrogens is 348 g/mol. The van der Waals surface area contributed by atoms with Gasteiger partial charge in [0.15, 0.2) is 0 Å².